The number of hydrogen-bond acceptors (Lipinski definition) is 3. The Hall–Kier alpha value is -2.16. The first-order valence-electron chi connectivity index (χ1n) is 11.9. The molecule has 1 aromatic heterocycles. The molecule has 3 fully saturated rings. The number of hydrogen-bond donors (Lipinski definition) is 3. The quantitative estimate of drug-likeness (QED) is 0.479. The zero-order chi connectivity index (χ0) is 23.4. The van der Waals surface area contributed by atoms with Crippen LogP contribution in [0.1, 0.15) is 81.3 Å². The minimum atomic E-state index is -2.62. The van der Waals surface area contributed by atoms with Crippen molar-refractivity contribution in [1.29, 1.82) is 0 Å². The first-order chi connectivity index (χ1) is 15.6. The van der Waals surface area contributed by atoms with E-state index in [1.54, 1.807) is 0 Å². The molecule has 0 radical (unpaired) electrons. The summed E-state index contributed by atoms with van der Waals surface area (Å²) in [5.74, 6) is -4.77. The minimum absolute atomic E-state index is 0.0398. The van der Waals surface area contributed by atoms with Crippen LogP contribution in [0.15, 0.2) is 18.2 Å². The Labute approximate surface area is 189 Å². The zero-order valence-electron chi connectivity index (χ0n) is 18.4. The Morgan fingerprint density at radius 1 is 1.09 bits per heavy atom. The number of alkyl halides is 4. The predicted octanol–water partition coefficient (Wildman–Crippen LogP) is 5.39. The lowest BCUT2D eigenvalue weighted by Crippen LogP contribution is -2.39. The van der Waals surface area contributed by atoms with E-state index in [2.05, 4.69) is 15.3 Å². The summed E-state index contributed by atoms with van der Waals surface area (Å²) < 4.78 is 53.1. The number of imidazole rings is 1. The molecule has 1 aromatic carbocycles. The number of aromatic nitrogens is 2. The molecule has 3 aliphatic rings. The minimum Gasteiger partial charge on any atom is -0.349 e. The summed E-state index contributed by atoms with van der Waals surface area (Å²) in [6.45, 7) is 0. The molecule has 0 aliphatic heterocycles. The fourth-order valence-electron chi connectivity index (χ4n) is 5.37. The molecule has 1 amide bonds. The molecule has 180 valence electrons. The van der Waals surface area contributed by atoms with Crippen LogP contribution in [0.25, 0.3) is 11.0 Å². The van der Waals surface area contributed by atoms with E-state index in [1.165, 1.54) is 0 Å². The number of aromatic amines is 1. The second kappa shape index (κ2) is 8.25. The van der Waals surface area contributed by atoms with Gasteiger partial charge in [0.25, 0.3) is 0 Å². The first kappa shape index (κ1) is 22.6. The fraction of sp³-hybridized carbons (Fsp3) is 0.667. The number of rotatable bonds is 7. The molecule has 0 saturated heterocycles. The van der Waals surface area contributed by atoms with Gasteiger partial charge in [-0.15, -0.1) is 0 Å². The van der Waals surface area contributed by atoms with Crippen molar-refractivity contribution in [2.45, 2.75) is 81.7 Å². The Morgan fingerprint density at radius 3 is 2.42 bits per heavy atom. The molecule has 1 unspecified atom stereocenters. The number of nitrogens with zero attached hydrogens (tertiary/aromatic N) is 1. The second-order valence-electron chi connectivity index (χ2n) is 10.3. The summed E-state index contributed by atoms with van der Waals surface area (Å²) in [5.41, 5.74) is 8.85. The fourth-order valence-corrected chi connectivity index (χ4v) is 5.37. The number of benzene rings is 1. The molecule has 4 N–H and O–H groups in total. The van der Waals surface area contributed by atoms with Crippen LogP contribution in [0, 0.1) is 17.8 Å². The van der Waals surface area contributed by atoms with Crippen LogP contribution in [0.2, 0.25) is 0 Å². The van der Waals surface area contributed by atoms with Gasteiger partial charge in [-0.2, -0.15) is 0 Å². The monoisotopic (exact) mass is 466 g/mol. The third kappa shape index (κ3) is 5.03. The number of carbonyl (C=O) groups is 1. The van der Waals surface area contributed by atoms with Gasteiger partial charge in [0, 0.05) is 32.1 Å². The average Bonchev–Trinajstić information content (AvgIpc) is 3.48. The topological polar surface area (TPSA) is 83.8 Å². The van der Waals surface area contributed by atoms with Crippen LogP contribution in [0.5, 0.6) is 0 Å². The van der Waals surface area contributed by atoms with Gasteiger partial charge in [0.1, 0.15) is 5.82 Å². The van der Waals surface area contributed by atoms with Crippen LogP contribution < -0.4 is 11.1 Å². The third-order valence-corrected chi connectivity index (χ3v) is 7.53. The van der Waals surface area contributed by atoms with Crippen molar-refractivity contribution < 1.29 is 22.4 Å². The van der Waals surface area contributed by atoms with Crippen molar-refractivity contribution in [3.63, 3.8) is 0 Å². The molecule has 0 bridgehead atoms. The maximum absolute atomic E-state index is 13.5. The van der Waals surface area contributed by atoms with Gasteiger partial charge in [0.2, 0.25) is 17.8 Å². The summed E-state index contributed by atoms with van der Waals surface area (Å²) in [6.07, 6.45) is 2.19. The lowest BCUT2D eigenvalue weighted by molar-refractivity contribution is -0.134. The molecule has 2 atom stereocenters. The number of amides is 1. The Bertz CT molecular complexity index is 1020. The van der Waals surface area contributed by atoms with E-state index in [4.69, 9.17) is 5.73 Å². The summed E-state index contributed by atoms with van der Waals surface area (Å²) in [4.78, 5) is 20.4. The molecular formula is C24H30F4N4O. The third-order valence-electron chi connectivity index (χ3n) is 7.53. The maximum atomic E-state index is 13.5. The number of H-pyrrole nitrogens is 1. The predicted molar refractivity (Wildman–Crippen MR) is 116 cm³/mol. The molecular weight excluding hydrogens is 436 g/mol. The molecule has 0 spiro atoms. The highest BCUT2D eigenvalue weighted by Gasteiger charge is 2.46. The normalized spacial score (nSPS) is 24.9. The van der Waals surface area contributed by atoms with Crippen molar-refractivity contribution in [3.05, 3.63) is 29.6 Å². The van der Waals surface area contributed by atoms with Gasteiger partial charge in [-0.05, 0) is 61.1 Å². The van der Waals surface area contributed by atoms with Gasteiger partial charge in [-0.3, -0.25) is 4.79 Å². The van der Waals surface area contributed by atoms with E-state index in [9.17, 15) is 22.4 Å². The molecule has 5 rings (SSSR count). The van der Waals surface area contributed by atoms with Gasteiger partial charge < -0.3 is 16.0 Å². The number of carbonyl (C=O) groups excluding carboxylic acids is 1. The Balaban J connectivity index is 1.27. The Morgan fingerprint density at radius 2 is 1.79 bits per heavy atom. The number of fused-ring (bicyclic) bond motifs is 1. The van der Waals surface area contributed by atoms with Gasteiger partial charge in [-0.1, -0.05) is 6.07 Å². The van der Waals surface area contributed by atoms with Gasteiger partial charge in [-0.25, -0.2) is 22.5 Å². The average molecular weight is 467 g/mol. The van der Waals surface area contributed by atoms with E-state index in [0.29, 0.717) is 24.6 Å². The van der Waals surface area contributed by atoms with Crippen molar-refractivity contribution in [1.82, 2.24) is 15.3 Å². The van der Waals surface area contributed by atoms with Crippen LogP contribution in [-0.2, 0) is 4.79 Å². The van der Waals surface area contributed by atoms with Crippen molar-refractivity contribution in [2.75, 3.05) is 0 Å². The smallest absolute Gasteiger partial charge is 0.248 e. The summed E-state index contributed by atoms with van der Waals surface area (Å²) in [6, 6.07) is 5.16. The highest BCUT2D eigenvalue weighted by atomic mass is 19.3. The number of nitrogens with one attached hydrogen (secondary N) is 2. The number of halogens is 4. The molecule has 9 heteroatoms. The SMILES string of the molecule is NC(c1nc2ccc([C@H](NC(=O)CC3CC(F)(F)C3)C3CC3)cc2[nH]1)C1CCC(F)(F)CC1. The highest BCUT2D eigenvalue weighted by Crippen LogP contribution is 2.45. The summed E-state index contributed by atoms with van der Waals surface area (Å²) in [7, 11) is 0. The summed E-state index contributed by atoms with van der Waals surface area (Å²) >= 11 is 0. The molecule has 2 aromatic rings. The van der Waals surface area contributed by atoms with E-state index < -0.39 is 17.9 Å². The molecule has 1 heterocycles. The van der Waals surface area contributed by atoms with Gasteiger partial charge >= 0.3 is 0 Å². The van der Waals surface area contributed by atoms with Crippen LogP contribution in [0.3, 0.4) is 0 Å². The van der Waals surface area contributed by atoms with E-state index in [1.807, 2.05) is 18.2 Å². The van der Waals surface area contributed by atoms with E-state index >= 15 is 0 Å². The number of nitrogens with two attached hydrogens (primary N) is 1. The van der Waals surface area contributed by atoms with Crippen LogP contribution >= 0.6 is 0 Å². The maximum Gasteiger partial charge on any atom is 0.248 e. The second-order valence-corrected chi connectivity index (χ2v) is 10.3. The lowest BCUT2D eigenvalue weighted by Gasteiger charge is -2.34. The van der Waals surface area contributed by atoms with Crippen molar-refractivity contribution in [3.8, 4) is 0 Å². The van der Waals surface area contributed by atoms with Crippen molar-refractivity contribution in [2.24, 2.45) is 23.5 Å². The summed E-state index contributed by atoms with van der Waals surface area (Å²) in [5, 5.41) is 3.06. The van der Waals surface area contributed by atoms with Crippen molar-refractivity contribution >= 4 is 16.9 Å². The molecule has 3 aliphatic carbocycles. The first-order valence-corrected chi connectivity index (χ1v) is 11.9. The molecule has 3 saturated carbocycles. The van der Waals surface area contributed by atoms with Gasteiger partial charge in [0.15, 0.2) is 0 Å². The van der Waals surface area contributed by atoms with Crippen LogP contribution in [-0.4, -0.2) is 27.7 Å². The van der Waals surface area contributed by atoms with Gasteiger partial charge in [0.05, 0.1) is 23.1 Å². The lowest BCUT2D eigenvalue weighted by atomic mass is 9.79. The molecule has 5 nitrogen and oxygen atoms in total. The van der Waals surface area contributed by atoms with Crippen LogP contribution in [0.4, 0.5) is 17.6 Å². The largest absolute Gasteiger partial charge is 0.349 e. The Kier molecular flexibility index (Phi) is 5.66. The van der Waals surface area contributed by atoms with E-state index in [-0.39, 0.29) is 55.9 Å². The standard InChI is InChI=1S/C24H30F4N4O/c25-23(26)7-5-14(6-8-23)20(29)22-30-17-4-3-16(10-18(17)31-22)21(15-1-2-15)32-19(33)9-13-11-24(27,28)12-13/h3-4,10,13-15,20-21H,1-2,5-9,11-12,29H2,(H,30,31)(H,32,33)/t20?,21-/m1/s1. The zero-order valence-corrected chi connectivity index (χ0v) is 18.4. The molecule has 33 heavy (non-hydrogen) atoms. The van der Waals surface area contributed by atoms with E-state index in [0.717, 1.165) is 29.4 Å². The highest BCUT2D eigenvalue weighted by molar-refractivity contribution is 5.78.